The van der Waals surface area contributed by atoms with Crippen LogP contribution in [0.15, 0.2) is 54.7 Å². The number of aromatic nitrogens is 2. The molecule has 1 amide bonds. The molecule has 164 valence electrons. The number of rotatable bonds is 8. The first-order valence-corrected chi connectivity index (χ1v) is 10.2. The normalized spacial score (nSPS) is 12.3. The molecular weight excluding hydrogens is 395 g/mol. The molecule has 0 bridgehead atoms. The van der Waals surface area contributed by atoms with E-state index in [1.165, 1.54) is 12.1 Å². The number of halogens is 1. The molecule has 0 saturated heterocycles. The number of nitrogens with zero attached hydrogens (tertiary/aromatic N) is 3. The van der Waals surface area contributed by atoms with Gasteiger partial charge in [-0.3, -0.25) is 4.79 Å². The molecule has 3 aromatic rings. The summed E-state index contributed by atoms with van der Waals surface area (Å²) in [4.78, 5) is 15.3. The Morgan fingerprint density at radius 2 is 1.90 bits per heavy atom. The molecule has 7 heteroatoms. The molecule has 1 N–H and O–H groups in total. The Hall–Kier alpha value is -3.19. The molecule has 0 radical (unpaired) electrons. The number of hydrogen-bond acceptors (Lipinski definition) is 4. The van der Waals surface area contributed by atoms with Crippen LogP contribution in [-0.4, -0.2) is 54.4 Å². The molecule has 1 aromatic heterocycles. The first-order chi connectivity index (χ1) is 14.8. The molecule has 0 saturated carbocycles. The summed E-state index contributed by atoms with van der Waals surface area (Å²) in [5.74, 6) is 0.520. The van der Waals surface area contributed by atoms with E-state index in [2.05, 4.69) is 29.2 Å². The van der Waals surface area contributed by atoms with Gasteiger partial charge in [0.1, 0.15) is 17.3 Å². The third-order valence-electron chi connectivity index (χ3n) is 5.30. The summed E-state index contributed by atoms with van der Waals surface area (Å²) < 4.78 is 20.3. The van der Waals surface area contributed by atoms with Gasteiger partial charge in [-0.2, -0.15) is 5.10 Å². The Morgan fingerprint density at radius 1 is 1.19 bits per heavy atom. The first-order valence-electron chi connectivity index (χ1n) is 10.2. The number of benzene rings is 2. The molecule has 3 rings (SSSR count). The van der Waals surface area contributed by atoms with Crippen molar-refractivity contribution in [3.8, 4) is 22.7 Å². The predicted octanol–water partition coefficient (Wildman–Crippen LogP) is 4.00. The number of nitrogens with one attached hydrogen (secondary N) is 1. The Bertz CT molecular complexity index is 1020. The molecule has 0 spiro atoms. The van der Waals surface area contributed by atoms with Gasteiger partial charge in [-0.1, -0.05) is 26.0 Å². The number of methoxy groups -OCH3 is 1. The van der Waals surface area contributed by atoms with Crippen LogP contribution >= 0.6 is 0 Å². The van der Waals surface area contributed by atoms with Crippen molar-refractivity contribution in [3.05, 3.63) is 66.1 Å². The highest BCUT2D eigenvalue weighted by Gasteiger charge is 2.22. The Balaban J connectivity index is 1.98. The number of ether oxygens (including phenoxy) is 1. The molecule has 0 aliphatic carbocycles. The van der Waals surface area contributed by atoms with Crippen molar-refractivity contribution in [1.82, 2.24) is 20.0 Å². The van der Waals surface area contributed by atoms with Gasteiger partial charge in [-0.25, -0.2) is 9.07 Å². The van der Waals surface area contributed by atoms with Gasteiger partial charge in [-0.05, 0) is 56.4 Å². The third-order valence-corrected chi connectivity index (χ3v) is 5.30. The smallest absolute Gasteiger partial charge is 0.255 e. The Morgan fingerprint density at radius 3 is 2.52 bits per heavy atom. The van der Waals surface area contributed by atoms with Gasteiger partial charge in [0, 0.05) is 24.3 Å². The van der Waals surface area contributed by atoms with Gasteiger partial charge in [-0.15, -0.1) is 0 Å². The maximum Gasteiger partial charge on any atom is 0.255 e. The van der Waals surface area contributed by atoms with Crippen LogP contribution < -0.4 is 10.1 Å². The molecule has 0 aliphatic heterocycles. The van der Waals surface area contributed by atoms with Gasteiger partial charge in [0.15, 0.2) is 0 Å². The third kappa shape index (κ3) is 5.30. The second-order valence-corrected chi connectivity index (χ2v) is 8.03. The molecule has 31 heavy (non-hydrogen) atoms. The second kappa shape index (κ2) is 9.75. The van der Waals surface area contributed by atoms with E-state index in [0.29, 0.717) is 35.2 Å². The van der Waals surface area contributed by atoms with Crippen LogP contribution in [0.5, 0.6) is 5.75 Å². The van der Waals surface area contributed by atoms with Gasteiger partial charge < -0.3 is 15.0 Å². The van der Waals surface area contributed by atoms with Crippen molar-refractivity contribution in [2.45, 2.75) is 19.9 Å². The summed E-state index contributed by atoms with van der Waals surface area (Å²) in [6.45, 7) is 4.78. The summed E-state index contributed by atoms with van der Waals surface area (Å²) >= 11 is 0. The zero-order valence-electron chi connectivity index (χ0n) is 18.6. The van der Waals surface area contributed by atoms with Crippen LogP contribution in [0.2, 0.25) is 0 Å². The Labute approximate surface area is 182 Å². The fourth-order valence-corrected chi connectivity index (χ4v) is 3.56. The van der Waals surface area contributed by atoms with E-state index >= 15 is 0 Å². The maximum absolute atomic E-state index is 13.4. The average Bonchev–Trinajstić information content (AvgIpc) is 3.19. The largest absolute Gasteiger partial charge is 0.497 e. The van der Waals surface area contributed by atoms with E-state index < -0.39 is 0 Å². The molecular formula is C24H29FN4O2. The summed E-state index contributed by atoms with van der Waals surface area (Å²) in [5, 5.41) is 7.69. The molecule has 1 heterocycles. The van der Waals surface area contributed by atoms with E-state index in [1.54, 1.807) is 30.1 Å². The number of amides is 1. The van der Waals surface area contributed by atoms with Crippen molar-refractivity contribution in [2.75, 3.05) is 27.7 Å². The van der Waals surface area contributed by atoms with Crippen molar-refractivity contribution in [3.63, 3.8) is 0 Å². The molecule has 0 fully saturated rings. The van der Waals surface area contributed by atoms with Gasteiger partial charge in [0.05, 0.1) is 18.4 Å². The second-order valence-electron chi connectivity index (χ2n) is 8.03. The molecule has 1 atom stereocenters. The minimum atomic E-state index is -0.328. The fourth-order valence-electron chi connectivity index (χ4n) is 3.56. The number of carbonyl (C=O) groups excluding carboxylic acids is 1. The first kappa shape index (κ1) is 22.5. The molecule has 1 unspecified atom stereocenters. The van der Waals surface area contributed by atoms with E-state index in [9.17, 15) is 9.18 Å². The van der Waals surface area contributed by atoms with Crippen molar-refractivity contribution in [1.29, 1.82) is 0 Å². The highest BCUT2D eigenvalue weighted by Crippen LogP contribution is 2.27. The molecule has 2 aromatic carbocycles. The van der Waals surface area contributed by atoms with E-state index in [4.69, 9.17) is 4.74 Å². The summed E-state index contributed by atoms with van der Waals surface area (Å²) in [7, 11) is 5.60. The summed E-state index contributed by atoms with van der Waals surface area (Å²) in [6.07, 6.45) is 1.68. The fraction of sp³-hybridized carbons (Fsp3) is 0.333. The summed E-state index contributed by atoms with van der Waals surface area (Å²) in [6, 6.07) is 13.6. The highest BCUT2D eigenvalue weighted by atomic mass is 19.1. The lowest BCUT2D eigenvalue weighted by Crippen LogP contribution is -2.43. The quantitative estimate of drug-likeness (QED) is 0.594. The zero-order valence-corrected chi connectivity index (χ0v) is 18.6. The topological polar surface area (TPSA) is 59.4 Å². The lowest BCUT2D eigenvalue weighted by molar-refractivity contribution is 0.0935. The van der Waals surface area contributed by atoms with E-state index in [1.807, 2.05) is 38.4 Å². The minimum Gasteiger partial charge on any atom is -0.497 e. The standard InChI is InChI=1S/C24H29FN4O2/c1-16(2)22(28(3)4)14-26-24(30)21-15-29(19-11-9-18(25)10-12-19)27-23(21)17-7-6-8-20(13-17)31-5/h6-13,15-16,22H,14H2,1-5H3,(H,26,30). The highest BCUT2D eigenvalue weighted by molar-refractivity contribution is 6.00. The predicted molar refractivity (Wildman–Crippen MR) is 120 cm³/mol. The lowest BCUT2D eigenvalue weighted by Gasteiger charge is -2.28. The number of carbonyl (C=O) groups is 1. The van der Waals surface area contributed by atoms with Crippen LogP contribution in [0, 0.1) is 11.7 Å². The number of hydrogen-bond donors (Lipinski definition) is 1. The minimum absolute atomic E-state index is 0.205. The Kier molecular flexibility index (Phi) is 7.07. The lowest BCUT2D eigenvalue weighted by atomic mass is 10.0. The maximum atomic E-state index is 13.4. The van der Waals surface area contributed by atoms with Crippen molar-refractivity contribution >= 4 is 5.91 Å². The molecule has 6 nitrogen and oxygen atoms in total. The van der Waals surface area contributed by atoms with E-state index in [0.717, 1.165) is 5.56 Å². The van der Waals surface area contributed by atoms with Crippen LogP contribution in [0.25, 0.3) is 16.9 Å². The number of likely N-dealkylation sites (N-methyl/N-ethyl adjacent to an activating group) is 1. The zero-order chi connectivity index (χ0) is 22.5. The monoisotopic (exact) mass is 424 g/mol. The van der Waals surface area contributed by atoms with Gasteiger partial charge in [0.25, 0.3) is 5.91 Å². The average molecular weight is 425 g/mol. The van der Waals surface area contributed by atoms with Crippen molar-refractivity contribution < 1.29 is 13.9 Å². The summed E-state index contributed by atoms with van der Waals surface area (Å²) in [5.41, 5.74) is 2.40. The van der Waals surface area contributed by atoms with Crippen LogP contribution in [0.1, 0.15) is 24.2 Å². The van der Waals surface area contributed by atoms with Gasteiger partial charge in [0.2, 0.25) is 0 Å². The van der Waals surface area contributed by atoms with Crippen molar-refractivity contribution in [2.24, 2.45) is 5.92 Å². The van der Waals surface area contributed by atoms with Crippen LogP contribution in [0.4, 0.5) is 4.39 Å². The van der Waals surface area contributed by atoms with E-state index in [-0.39, 0.29) is 17.8 Å². The van der Waals surface area contributed by atoms with Gasteiger partial charge >= 0.3 is 0 Å². The van der Waals surface area contributed by atoms with Crippen LogP contribution in [0.3, 0.4) is 0 Å². The molecule has 0 aliphatic rings. The van der Waals surface area contributed by atoms with Crippen LogP contribution in [-0.2, 0) is 0 Å². The SMILES string of the molecule is COc1cccc(-c2nn(-c3ccc(F)cc3)cc2C(=O)NCC(C(C)C)N(C)C)c1.